The van der Waals surface area contributed by atoms with Gasteiger partial charge in [-0.05, 0) is 185 Å². The minimum atomic E-state index is -1.12. The number of halogens is 4. The van der Waals surface area contributed by atoms with Gasteiger partial charge in [-0.2, -0.15) is 4.39 Å². The fourth-order valence-corrected chi connectivity index (χ4v) is 22.7. The number of nitrogens with one attached hydrogen (secondary N) is 2. The van der Waals surface area contributed by atoms with Crippen LogP contribution in [0.4, 0.5) is 21.8 Å². The Kier molecular flexibility index (Phi) is 21.6. The van der Waals surface area contributed by atoms with Gasteiger partial charge in [0.1, 0.15) is 58.6 Å². The van der Waals surface area contributed by atoms with E-state index >= 15 is 0 Å². The van der Waals surface area contributed by atoms with Gasteiger partial charge < -0.3 is 75.5 Å². The first-order valence-electron chi connectivity index (χ1n) is 39.8. The van der Waals surface area contributed by atoms with E-state index in [1.807, 2.05) is 19.1 Å². The van der Waals surface area contributed by atoms with Gasteiger partial charge in [0.15, 0.2) is 56.2 Å². The average molecular weight is 1800 g/mol. The number of carbonyl (C=O) groups is 4. The third kappa shape index (κ3) is 14.0. The molecule has 12 heterocycles. The van der Waals surface area contributed by atoms with Crippen LogP contribution in [-0.2, 0) is 19.2 Å². The van der Waals surface area contributed by atoms with Crippen molar-refractivity contribution < 1.29 is 64.4 Å². The number of hydrogen-bond acceptors (Lipinski definition) is 31. The lowest BCUT2D eigenvalue weighted by molar-refractivity contribution is -0.130. The predicted molar refractivity (Wildman–Crippen MR) is 456 cm³/mol. The standard InChI is InChI=1S/C24H24ClN5O3S.C21H19ClN4O3S.C20H18FN5O3S.C19H16ClN5O3S/c1-2-15(31)24-10-14(24)19(20(32)21(24)33)30-11-26-18-22(27-12-4-3-5-12)28-17(29-23(18)30)9-7-13-6-8-16(25)34-13;1-3-13(27)21-8-12(21)17(18(28)19(21)29)26-9-23-16-10(2)24-15(25-20(16)26)7-5-11-4-6-14(22)30-11;1-9(27)20-7-11(20)15(16(28)17(20)29)26-8-23-14-18(22-2)24-13(25-19(14)26)6-4-10-3-5-12(21)30-10;1-8(26)19-6-10(19)14(15(27)16(19)28)25-7-22-13-17(21)23-12(24-18(13)25)5-3-9-2-4-11(20)29-9/h6,8,11-12,14,19-21,32-33H,2-5,10H2,1H3,(H,27,28,29);4,6,9,12,17-19,28-29H,3,8H2,1-2H3;3,5,8,11,15-17,28-29H,7H2,1-2H3,(H,22,24,25);2,4,7,10,14-16,27-28H,6H2,1H3,(H2,21,23,24)/t14-,19-,20-,21?,24-;12-,17-,18-,19?,21-;11?,15-,16+,17?,20+;10?,14-,15+,16?,19+/m1111/s1. The molecule has 0 saturated heterocycles. The summed E-state index contributed by atoms with van der Waals surface area (Å²) in [6, 6.07) is 12.1. The van der Waals surface area contributed by atoms with Crippen LogP contribution < -0.4 is 16.4 Å². The number of hydrogen-bond donors (Lipinski definition) is 11. The molecule has 9 aliphatic carbocycles. The summed E-state index contributed by atoms with van der Waals surface area (Å²) in [4.78, 5) is 106. The van der Waals surface area contributed by atoms with Crippen molar-refractivity contribution in [1.29, 1.82) is 0 Å². The highest BCUT2D eigenvalue weighted by Crippen LogP contribution is 2.72. The molecule has 0 amide bonds. The van der Waals surface area contributed by atoms with Gasteiger partial charge in [-0.15, -0.1) is 34.0 Å². The number of carbonyl (C=O) groups excluding carboxylic acids is 4. The van der Waals surface area contributed by atoms with Gasteiger partial charge in [-0.3, -0.25) is 19.2 Å². The fourth-order valence-electron chi connectivity index (χ4n) is 19.4. The summed E-state index contributed by atoms with van der Waals surface area (Å²) in [5.74, 6) is 25.0. The third-order valence-electron chi connectivity index (χ3n) is 26.0. The lowest BCUT2D eigenvalue weighted by atomic mass is 9.92. The molecule has 0 bridgehead atoms. The van der Waals surface area contributed by atoms with Crippen LogP contribution in [0.3, 0.4) is 0 Å². The summed E-state index contributed by atoms with van der Waals surface area (Å²) in [5, 5.41) is 91.6. The molecule has 0 aliphatic heterocycles. The number of anilines is 3. The van der Waals surface area contributed by atoms with Gasteiger partial charge in [-0.1, -0.05) is 60.0 Å². The molecule has 632 valence electrons. The highest BCUT2D eigenvalue weighted by molar-refractivity contribution is 7.17. The van der Waals surface area contributed by atoms with Gasteiger partial charge >= 0.3 is 0 Å². The Morgan fingerprint density at radius 1 is 0.463 bits per heavy atom. The lowest BCUT2D eigenvalue weighted by Gasteiger charge is -2.27. The smallest absolute Gasteiger partial charge is 0.209 e. The van der Waals surface area contributed by atoms with Crippen LogP contribution in [0.15, 0.2) is 73.8 Å². The number of aryl methyl sites for hydroxylation is 1. The first-order chi connectivity index (χ1) is 59.0. The number of fused-ring (bicyclic) bond motifs is 8. The average Bonchev–Trinajstić information content (AvgIpc) is 1.53. The number of nitrogens with two attached hydrogens (primary N) is 1. The van der Waals surface area contributed by atoms with Gasteiger partial charge in [-0.25, -0.2) is 59.8 Å². The van der Waals surface area contributed by atoms with Crippen LogP contribution in [0.1, 0.15) is 158 Å². The maximum absolute atomic E-state index is 13.2. The molecule has 21 rings (SSSR count). The molecule has 12 N–H and O–H groups in total. The van der Waals surface area contributed by atoms with E-state index in [2.05, 4.69) is 118 Å². The van der Waals surface area contributed by atoms with Crippen molar-refractivity contribution in [1.82, 2.24) is 78.1 Å². The Morgan fingerprint density at radius 2 is 0.797 bits per heavy atom. The molecule has 31 nitrogen and oxygen atoms in total. The second-order valence-corrected chi connectivity index (χ2v) is 38.5. The van der Waals surface area contributed by atoms with Gasteiger partial charge in [0, 0.05) is 25.9 Å². The van der Waals surface area contributed by atoms with Crippen LogP contribution in [0.25, 0.3) is 44.7 Å². The number of nitrogen functional groups attached to an aromatic ring is 1. The minimum absolute atomic E-state index is 0.000833. The number of imidazole rings is 4. The molecule has 20 atom stereocenters. The molecule has 6 unspecified atom stereocenters. The number of thiophene rings is 4. The second-order valence-electron chi connectivity index (χ2n) is 32.4. The number of rotatable bonds is 13. The van der Waals surface area contributed by atoms with Crippen molar-refractivity contribution in [3.05, 3.63) is 140 Å². The molecule has 0 aromatic carbocycles. The first-order valence-corrected chi connectivity index (χ1v) is 44.2. The minimum Gasteiger partial charge on any atom is -0.389 e. The molecule has 9 aliphatic rings. The van der Waals surface area contributed by atoms with Crippen molar-refractivity contribution in [3.63, 3.8) is 0 Å². The highest BCUT2D eigenvalue weighted by Gasteiger charge is 2.77. The zero-order chi connectivity index (χ0) is 86.5. The van der Waals surface area contributed by atoms with Gasteiger partial charge in [0.25, 0.3) is 0 Å². The van der Waals surface area contributed by atoms with Crippen molar-refractivity contribution >= 4 is 165 Å². The zero-order valence-electron chi connectivity index (χ0n) is 66.2. The summed E-state index contributed by atoms with van der Waals surface area (Å²) >= 11 is 22.9. The van der Waals surface area contributed by atoms with Crippen LogP contribution >= 0.6 is 80.1 Å². The molecule has 0 radical (unpaired) electrons. The van der Waals surface area contributed by atoms with Crippen LogP contribution in [-0.4, -0.2) is 204 Å². The highest BCUT2D eigenvalue weighted by atomic mass is 35.5. The number of Topliss-reactive ketones (excluding diaryl/α,β-unsaturated/α-hetero) is 4. The number of aromatic nitrogens is 16. The van der Waals surface area contributed by atoms with E-state index in [0.29, 0.717) is 136 Å². The largest absolute Gasteiger partial charge is 0.389 e. The molecular weight excluding hydrogens is 1720 g/mol. The number of ketones is 4. The Hall–Kier alpha value is -10.2. The van der Waals surface area contributed by atoms with Gasteiger partial charge in [0.2, 0.25) is 23.3 Å². The molecule has 0 spiro atoms. The maximum atomic E-state index is 13.2. The molecular formula is C84H77Cl3FN19O12S4. The van der Waals surface area contributed by atoms with E-state index in [1.54, 1.807) is 88.5 Å². The summed E-state index contributed by atoms with van der Waals surface area (Å²) in [5.41, 5.74) is 7.24. The quantitative estimate of drug-likeness (QED) is 0.0482. The lowest BCUT2D eigenvalue weighted by Crippen LogP contribution is -2.37. The Balaban J connectivity index is 0.000000112. The zero-order valence-corrected chi connectivity index (χ0v) is 71.7. The molecule has 39 heteroatoms. The summed E-state index contributed by atoms with van der Waals surface area (Å²) in [6.45, 7) is 8.31. The number of nitrogens with zero attached hydrogens (tertiary/aromatic N) is 16. The van der Waals surface area contributed by atoms with E-state index in [1.165, 1.54) is 66.7 Å². The fraction of sp³-hybridized carbons (Fsp3) is 0.429. The van der Waals surface area contributed by atoms with E-state index in [-0.39, 0.29) is 69.4 Å². The Bertz CT molecular complexity index is 6630. The maximum Gasteiger partial charge on any atom is 0.209 e. The molecule has 9 saturated carbocycles. The van der Waals surface area contributed by atoms with Crippen molar-refractivity contribution in [2.75, 3.05) is 23.4 Å². The molecule has 12 aromatic rings. The first kappa shape index (κ1) is 83.7. The monoisotopic (exact) mass is 1800 g/mol. The van der Waals surface area contributed by atoms with Crippen molar-refractivity contribution in [3.8, 4) is 47.4 Å². The Morgan fingerprint density at radius 3 is 1.15 bits per heavy atom. The summed E-state index contributed by atoms with van der Waals surface area (Å²) < 4.78 is 22.1. The van der Waals surface area contributed by atoms with E-state index in [4.69, 9.17) is 40.5 Å². The van der Waals surface area contributed by atoms with Crippen molar-refractivity contribution in [2.24, 2.45) is 45.3 Å². The van der Waals surface area contributed by atoms with Crippen LogP contribution in [0, 0.1) is 105 Å². The third-order valence-corrected chi connectivity index (χ3v) is 30.2. The normalized spacial score (nSPS) is 29.7. The molecule has 12 aromatic heterocycles. The van der Waals surface area contributed by atoms with Crippen LogP contribution in [0.5, 0.6) is 0 Å². The Labute approximate surface area is 730 Å². The summed E-state index contributed by atoms with van der Waals surface area (Å²) in [6.07, 6.45) is 3.69. The topological polar surface area (TPSA) is 455 Å². The van der Waals surface area contributed by atoms with Crippen molar-refractivity contribution in [2.45, 2.75) is 171 Å². The predicted octanol–water partition coefficient (Wildman–Crippen LogP) is 8.41. The summed E-state index contributed by atoms with van der Waals surface area (Å²) in [7, 11) is 1.70. The van der Waals surface area contributed by atoms with E-state index in [9.17, 15) is 64.4 Å². The van der Waals surface area contributed by atoms with Crippen LogP contribution in [0.2, 0.25) is 13.0 Å². The van der Waals surface area contributed by atoms with Gasteiger partial charge in [0.05, 0.1) is 134 Å². The molecule has 9 fully saturated rings. The van der Waals surface area contributed by atoms with E-state index in [0.717, 1.165) is 38.8 Å². The SMILES string of the molecule is CC(=O)[C@@]12CC1[C@@H](n1cnc3c(N)nc(C#Cc4ccc(Cl)s4)nc31)[C@H](O)C2O.CCC(=O)[C@@]12C[C@@H]1[C@@H](n1cnc3c(C)nc(C#Cc4ccc(Cl)s4)nc31)[C@@H](O)C2O.CCC(=O)[C@@]12C[C@@H]1[C@@H](n1cnc3c(NC4CCC4)nc(C#Cc4ccc(Cl)s4)nc31)[C@@H](O)C2O.CNc1nc(C#Cc2ccc(F)s2)nc2c1ncn2[C@@H]1C2C[C@@]2(C(C)=O)C(O)[C@H]1O. The second kappa shape index (κ2) is 31.8. The number of aliphatic hydroxyl groups excluding tert-OH is 8. The molecule has 123 heavy (non-hydrogen) atoms. The van der Waals surface area contributed by atoms with E-state index < -0.39 is 94.7 Å². The number of aliphatic hydroxyl groups is 8.